The Morgan fingerprint density at radius 2 is 0.971 bits per heavy atom. The van der Waals surface area contributed by atoms with Gasteiger partial charge in [0, 0.05) is 23.0 Å². The molecular formula is C28H30N2O4. The Bertz CT molecular complexity index is 1070. The first-order chi connectivity index (χ1) is 16.5. The van der Waals surface area contributed by atoms with Crippen molar-refractivity contribution in [1.29, 1.82) is 0 Å². The molecule has 0 heterocycles. The third kappa shape index (κ3) is 4.17. The third-order valence-corrected chi connectivity index (χ3v) is 7.54. The van der Waals surface area contributed by atoms with Crippen LogP contribution in [0.1, 0.15) is 96.1 Å². The van der Waals surface area contributed by atoms with E-state index in [1.165, 1.54) is 0 Å². The van der Waals surface area contributed by atoms with Crippen LogP contribution < -0.4 is 10.6 Å². The van der Waals surface area contributed by atoms with Crippen molar-refractivity contribution in [2.45, 2.75) is 64.2 Å². The van der Waals surface area contributed by atoms with Crippen molar-refractivity contribution in [3.63, 3.8) is 0 Å². The molecule has 2 fully saturated rings. The summed E-state index contributed by atoms with van der Waals surface area (Å²) in [7, 11) is 0. The van der Waals surface area contributed by atoms with E-state index in [1.54, 1.807) is 36.4 Å². The average molecular weight is 459 g/mol. The zero-order chi connectivity index (χ0) is 23.7. The molecule has 6 nitrogen and oxygen atoms in total. The topological polar surface area (TPSA) is 92.3 Å². The van der Waals surface area contributed by atoms with Crippen molar-refractivity contribution < 1.29 is 19.2 Å². The van der Waals surface area contributed by atoms with Crippen LogP contribution >= 0.6 is 0 Å². The van der Waals surface area contributed by atoms with Crippen LogP contribution in [0.2, 0.25) is 0 Å². The lowest BCUT2D eigenvalue weighted by atomic mass is 9.81. The molecule has 176 valence electrons. The lowest BCUT2D eigenvalue weighted by molar-refractivity contribution is -0.121. The van der Waals surface area contributed by atoms with Crippen molar-refractivity contribution in [1.82, 2.24) is 0 Å². The first kappa shape index (κ1) is 22.5. The molecule has 2 saturated carbocycles. The number of hydrogen-bond acceptors (Lipinski definition) is 4. The molecule has 6 heteroatoms. The zero-order valence-electron chi connectivity index (χ0n) is 19.3. The number of fused-ring (bicyclic) bond motifs is 2. The van der Waals surface area contributed by atoms with Gasteiger partial charge in [0.2, 0.25) is 11.8 Å². The van der Waals surface area contributed by atoms with E-state index in [1.807, 2.05) is 0 Å². The highest BCUT2D eigenvalue weighted by Gasteiger charge is 2.35. The van der Waals surface area contributed by atoms with Gasteiger partial charge in [0.1, 0.15) is 0 Å². The number of anilines is 2. The summed E-state index contributed by atoms with van der Waals surface area (Å²) in [5.41, 5.74) is 1.68. The predicted molar refractivity (Wildman–Crippen MR) is 130 cm³/mol. The molecular weight excluding hydrogens is 428 g/mol. The van der Waals surface area contributed by atoms with Crippen LogP contribution in [0, 0.1) is 11.8 Å². The first-order valence-electron chi connectivity index (χ1n) is 12.5. The molecule has 5 rings (SSSR count). The van der Waals surface area contributed by atoms with Gasteiger partial charge in [-0.05, 0) is 37.8 Å². The van der Waals surface area contributed by atoms with Gasteiger partial charge in [0.25, 0.3) is 0 Å². The number of amides is 2. The molecule has 0 bridgehead atoms. The molecule has 0 aromatic heterocycles. The summed E-state index contributed by atoms with van der Waals surface area (Å²) in [6.07, 6.45) is 9.69. The second-order valence-electron chi connectivity index (χ2n) is 9.76. The van der Waals surface area contributed by atoms with E-state index in [2.05, 4.69) is 10.6 Å². The summed E-state index contributed by atoms with van der Waals surface area (Å²) in [6.45, 7) is 0. The van der Waals surface area contributed by atoms with Gasteiger partial charge in [-0.1, -0.05) is 62.8 Å². The Labute approximate surface area is 199 Å². The van der Waals surface area contributed by atoms with E-state index < -0.39 is 0 Å². The largest absolute Gasteiger partial charge is 0.325 e. The van der Waals surface area contributed by atoms with Gasteiger partial charge in [0.05, 0.1) is 22.5 Å². The highest BCUT2D eigenvalue weighted by molar-refractivity contribution is 6.32. The van der Waals surface area contributed by atoms with Crippen LogP contribution in [0.25, 0.3) is 0 Å². The average Bonchev–Trinajstić information content (AvgIpc) is 2.89. The minimum atomic E-state index is -0.307. The number of carbonyl (C=O) groups excluding carboxylic acids is 4. The monoisotopic (exact) mass is 458 g/mol. The van der Waals surface area contributed by atoms with Gasteiger partial charge in [0.15, 0.2) is 11.6 Å². The molecule has 3 aliphatic carbocycles. The van der Waals surface area contributed by atoms with Crippen molar-refractivity contribution >= 4 is 34.8 Å². The van der Waals surface area contributed by atoms with E-state index in [0.717, 1.165) is 64.2 Å². The molecule has 3 aliphatic rings. The molecule has 0 radical (unpaired) electrons. The fourth-order valence-corrected chi connectivity index (χ4v) is 5.63. The lowest BCUT2D eigenvalue weighted by Crippen LogP contribution is -2.30. The Hall–Kier alpha value is -3.28. The summed E-state index contributed by atoms with van der Waals surface area (Å²) in [4.78, 5) is 53.1. The molecule has 2 N–H and O–H groups in total. The molecule has 0 unspecified atom stereocenters. The normalized spacial score (nSPS) is 18.7. The van der Waals surface area contributed by atoms with Crippen LogP contribution in [0.3, 0.4) is 0 Å². The predicted octanol–water partition coefficient (Wildman–Crippen LogP) is 5.50. The minimum absolute atomic E-state index is 0.0863. The van der Waals surface area contributed by atoms with E-state index in [0.29, 0.717) is 22.5 Å². The summed E-state index contributed by atoms with van der Waals surface area (Å²) < 4.78 is 0. The number of hydrogen-bond donors (Lipinski definition) is 2. The molecule has 2 amide bonds. The van der Waals surface area contributed by atoms with Crippen LogP contribution in [0.15, 0.2) is 36.4 Å². The number of carbonyl (C=O) groups is 4. The Morgan fingerprint density at radius 3 is 1.35 bits per heavy atom. The second-order valence-corrected chi connectivity index (χ2v) is 9.76. The molecule has 2 aromatic carbocycles. The fraction of sp³-hybridized carbons (Fsp3) is 0.429. The lowest BCUT2D eigenvalue weighted by Gasteiger charge is -2.26. The van der Waals surface area contributed by atoms with E-state index in [9.17, 15) is 19.2 Å². The molecule has 0 aliphatic heterocycles. The van der Waals surface area contributed by atoms with Gasteiger partial charge in [-0.2, -0.15) is 0 Å². The van der Waals surface area contributed by atoms with Crippen molar-refractivity contribution in [2.24, 2.45) is 11.8 Å². The molecule has 0 spiro atoms. The summed E-state index contributed by atoms with van der Waals surface area (Å²) in [6, 6.07) is 10.0. The molecule has 2 aromatic rings. The zero-order valence-corrected chi connectivity index (χ0v) is 19.3. The maximum Gasteiger partial charge on any atom is 0.227 e. The minimum Gasteiger partial charge on any atom is -0.325 e. The highest BCUT2D eigenvalue weighted by atomic mass is 16.2. The Morgan fingerprint density at radius 1 is 0.588 bits per heavy atom. The maximum absolute atomic E-state index is 13.6. The van der Waals surface area contributed by atoms with Crippen LogP contribution in [-0.4, -0.2) is 23.4 Å². The summed E-state index contributed by atoms with van der Waals surface area (Å²) in [5.74, 6) is -1.01. The number of nitrogens with one attached hydrogen (secondary N) is 2. The SMILES string of the molecule is O=C1c2ccccc2C(=O)c2c(NC(=O)C3CCCCC3)ccc(NC(=O)C3CCCCC3)c21. The van der Waals surface area contributed by atoms with Crippen LogP contribution in [-0.2, 0) is 9.59 Å². The number of benzene rings is 2. The van der Waals surface area contributed by atoms with E-state index in [4.69, 9.17) is 0 Å². The first-order valence-corrected chi connectivity index (χ1v) is 12.5. The third-order valence-electron chi connectivity index (χ3n) is 7.54. The number of rotatable bonds is 4. The van der Waals surface area contributed by atoms with Crippen molar-refractivity contribution in [3.05, 3.63) is 58.7 Å². The fourth-order valence-electron chi connectivity index (χ4n) is 5.63. The molecule has 0 atom stereocenters. The van der Waals surface area contributed by atoms with Gasteiger partial charge < -0.3 is 10.6 Å². The second kappa shape index (κ2) is 9.53. The van der Waals surface area contributed by atoms with Gasteiger partial charge in [-0.3, -0.25) is 19.2 Å². The van der Waals surface area contributed by atoms with Crippen molar-refractivity contribution in [2.75, 3.05) is 10.6 Å². The molecule has 0 saturated heterocycles. The standard InChI is InChI=1S/C28H30N2O4/c31-25-19-13-7-8-14-20(19)26(32)24-22(30-28(34)18-11-5-2-6-12-18)16-15-21(23(24)25)29-27(33)17-9-3-1-4-10-17/h7-8,13-18H,1-6,9-12H2,(H,29,33)(H,30,34). The smallest absolute Gasteiger partial charge is 0.227 e. The van der Waals surface area contributed by atoms with E-state index >= 15 is 0 Å². The van der Waals surface area contributed by atoms with Gasteiger partial charge in [-0.15, -0.1) is 0 Å². The number of ketones is 2. The van der Waals surface area contributed by atoms with Crippen LogP contribution in [0.4, 0.5) is 11.4 Å². The van der Waals surface area contributed by atoms with Gasteiger partial charge in [-0.25, -0.2) is 0 Å². The maximum atomic E-state index is 13.6. The Kier molecular flexibility index (Phi) is 6.31. The van der Waals surface area contributed by atoms with E-state index in [-0.39, 0.29) is 46.3 Å². The summed E-state index contributed by atoms with van der Waals surface area (Å²) in [5, 5.41) is 5.88. The molecule has 34 heavy (non-hydrogen) atoms. The van der Waals surface area contributed by atoms with Crippen LogP contribution in [0.5, 0.6) is 0 Å². The highest BCUT2D eigenvalue weighted by Crippen LogP contribution is 2.38. The van der Waals surface area contributed by atoms with Gasteiger partial charge >= 0.3 is 0 Å². The van der Waals surface area contributed by atoms with Crippen molar-refractivity contribution in [3.8, 4) is 0 Å². The Balaban J connectivity index is 1.53. The summed E-state index contributed by atoms with van der Waals surface area (Å²) >= 11 is 0. The quantitative estimate of drug-likeness (QED) is 0.540.